The zero-order chi connectivity index (χ0) is 15.0. The molecule has 0 aromatic heterocycles. The summed E-state index contributed by atoms with van der Waals surface area (Å²) >= 11 is 0. The van der Waals surface area contributed by atoms with Gasteiger partial charge in [-0.15, -0.1) is 0 Å². The Hall–Kier alpha value is -2.19. The van der Waals surface area contributed by atoms with Crippen molar-refractivity contribution in [3.63, 3.8) is 0 Å². The summed E-state index contributed by atoms with van der Waals surface area (Å²) in [7, 11) is 1.50. The molecule has 8 nitrogen and oxygen atoms in total. The van der Waals surface area contributed by atoms with Gasteiger partial charge in [-0.25, -0.2) is 0 Å². The largest absolute Gasteiger partial charge is 0.496 e. The number of rotatable bonds is 9. The van der Waals surface area contributed by atoms with Gasteiger partial charge in [0.2, 0.25) is 5.91 Å². The second kappa shape index (κ2) is 8.08. The van der Waals surface area contributed by atoms with Gasteiger partial charge in [-0.2, -0.15) is 0 Å². The number of carbonyl (C=O) groups is 1. The monoisotopic (exact) mass is 283 g/mol. The third-order valence-electron chi connectivity index (χ3n) is 2.46. The number of nitro groups is 1. The number of ether oxygens (including phenoxy) is 2. The molecule has 8 heteroatoms. The number of primary amides is 1. The quantitative estimate of drug-likeness (QED) is 0.380. The third kappa shape index (κ3) is 5.21. The van der Waals surface area contributed by atoms with Crippen LogP contribution < -0.4 is 15.8 Å². The van der Waals surface area contributed by atoms with E-state index in [1.165, 1.54) is 19.2 Å². The first kappa shape index (κ1) is 15.9. The lowest BCUT2D eigenvalue weighted by atomic mass is 10.1. The van der Waals surface area contributed by atoms with Crippen molar-refractivity contribution in [3.05, 3.63) is 33.9 Å². The number of nitrogens with one attached hydrogen (secondary N) is 1. The van der Waals surface area contributed by atoms with Gasteiger partial charge < -0.3 is 20.5 Å². The maximum atomic E-state index is 10.7. The van der Waals surface area contributed by atoms with Gasteiger partial charge >= 0.3 is 0 Å². The van der Waals surface area contributed by atoms with Crippen molar-refractivity contribution in [2.24, 2.45) is 5.73 Å². The average Bonchev–Trinajstić information content (AvgIpc) is 2.42. The molecule has 0 heterocycles. The van der Waals surface area contributed by atoms with E-state index in [-0.39, 0.29) is 12.3 Å². The van der Waals surface area contributed by atoms with E-state index in [0.29, 0.717) is 31.0 Å². The number of hydrogen-bond acceptors (Lipinski definition) is 6. The lowest BCUT2D eigenvalue weighted by Gasteiger charge is -2.09. The second-order valence-corrected chi connectivity index (χ2v) is 3.95. The first-order chi connectivity index (χ1) is 9.54. The fourth-order valence-electron chi connectivity index (χ4n) is 1.56. The van der Waals surface area contributed by atoms with Crippen LogP contribution in [0, 0.1) is 10.1 Å². The highest BCUT2D eigenvalue weighted by molar-refractivity contribution is 5.74. The molecular weight excluding hydrogens is 266 g/mol. The van der Waals surface area contributed by atoms with Crippen LogP contribution in [-0.2, 0) is 16.1 Å². The van der Waals surface area contributed by atoms with E-state index in [2.05, 4.69) is 5.32 Å². The van der Waals surface area contributed by atoms with Gasteiger partial charge in [0, 0.05) is 30.8 Å². The van der Waals surface area contributed by atoms with Crippen molar-refractivity contribution in [2.45, 2.75) is 6.54 Å². The predicted octanol–water partition coefficient (Wildman–Crippen LogP) is 0.195. The summed E-state index contributed by atoms with van der Waals surface area (Å²) in [4.78, 5) is 20.7. The molecule has 1 amide bonds. The van der Waals surface area contributed by atoms with Crippen LogP contribution in [0.3, 0.4) is 0 Å². The van der Waals surface area contributed by atoms with E-state index < -0.39 is 10.8 Å². The third-order valence-corrected chi connectivity index (χ3v) is 2.46. The van der Waals surface area contributed by atoms with Crippen LogP contribution in [-0.4, -0.2) is 37.7 Å². The molecule has 0 radical (unpaired) electrons. The lowest BCUT2D eigenvalue weighted by molar-refractivity contribution is -0.384. The zero-order valence-corrected chi connectivity index (χ0v) is 11.1. The van der Waals surface area contributed by atoms with E-state index in [0.717, 1.165) is 0 Å². The molecule has 0 atom stereocenters. The van der Waals surface area contributed by atoms with Crippen molar-refractivity contribution in [3.8, 4) is 5.75 Å². The highest BCUT2D eigenvalue weighted by Crippen LogP contribution is 2.23. The van der Waals surface area contributed by atoms with Gasteiger partial charge in [0.1, 0.15) is 12.4 Å². The number of carbonyl (C=O) groups excluding carboxylic acids is 1. The summed E-state index contributed by atoms with van der Waals surface area (Å²) in [5.41, 5.74) is 5.60. The van der Waals surface area contributed by atoms with Crippen molar-refractivity contribution in [1.29, 1.82) is 0 Å². The number of non-ortho nitro benzene ring substituents is 1. The Bertz CT molecular complexity index is 478. The number of nitrogens with zero attached hydrogens (tertiary/aromatic N) is 1. The summed E-state index contributed by atoms with van der Waals surface area (Å²) in [6.07, 6.45) is 0. The number of amides is 1. The lowest BCUT2D eigenvalue weighted by Crippen LogP contribution is -2.23. The Morgan fingerprint density at radius 3 is 2.85 bits per heavy atom. The van der Waals surface area contributed by atoms with E-state index >= 15 is 0 Å². The summed E-state index contributed by atoms with van der Waals surface area (Å²) in [5, 5.41) is 13.7. The van der Waals surface area contributed by atoms with Crippen LogP contribution >= 0.6 is 0 Å². The van der Waals surface area contributed by atoms with Crippen LogP contribution in [0.25, 0.3) is 0 Å². The number of hydrogen-bond donors (Lipinski definition) is 2. The molecule has 1 rings (SSSR count). The van der Waals surface area contributed by atoms with Crippen LogP contribution in [0.1, 0.15) is 5.56 Å². The first-order valence-electron chi connectivity index (χ1n) is 5.92. The molecule has 1 aromatic carbocycles. The molecule has 0 unspecified atom stereocenters. The second-order valence-electron chi connectivity index (χ2n) is 3.95. The van der Waals surface area contributed by atoms with Crippen LogP contribution in [0.2, 0.25) is 0 Å². The highest BCUT2D eigenvalue weighted by Gasteiger charge is 2.10. The van der Waals surface area contributed by atoms with Crippen molar-refractivity contribution >= 4 is 11.6 Å². The minimum absolute atomic E-state index is 0.00702. The van der Waals surface area contributed by atoms with E-state index in [1.54, 1.807) is 6.07 Å². The fraction of sp³-hybridized carbons (Fsp3) is 0.417. The number of methoxy groups -OCH3 is 1. The molecule has 3 N–H and O–H groups in total. The Balaban J connectivity index is 2.47. The molecular formula is C12H17N3O5. The molecule has 110 valence electrons. The van der Waals surface area contributed by atoms with Crippen molar-refractivity contribution in [2.75, 3.05) is 26.9 Å². The van der Waals surface area contributed by atoms with Crippen LogP contribution in [0.5, 0.6) is 5.75 Å². The summed E-state index contributed by atoms with van der Waals surface area (Å²) in [6.45, 7) is 1.08. The highest BCUT2D eigenvalue weighted by atomic mass is 16.6. The molecule has 0 saturated heterocycles. The number of nitrogens with two attached hydrogens (primary N) is 1. The SMILES string of the molecule is COc1ccc([N+](=O)[O-])cc1CNCCOCC(N)=O. The summed E-state index contributed by atoms with van der Waals surface area (Å²) in [5.74, 6) is 0.0477. The molecule has 0 spiro atoms. The molecule has 0 aliphatic rings. The molecule has 1 aromatic rings. The molecule has 0 saturated carbocycles. The average molecular weight is 283 g/mol. The summed E-state index contributed by atoms with van der Waals surface area (Å²) in [6, 6.07) is 4.40. The predicted molar refractivity (Wildman–Crippen MR) is 71.4 cm³/mol. The maximum absolute atomic E-state index is 10.7. The summed E-state index contributed by atoms with van der Waals surface area (Å²) < 4.78 is 10.1. The fourth-order valence-corrected chi connectivity index (χ4v) is 1.56. The van der Waals surface area contributed by atoms with Crippen LogP contribution in [0.4, 0.5) is 5.69 Å². The molecule has 0 bridgehead atoms. The van der Waals surface area contributed by atoms with E-state index in [1.807, 2.05) is 0 Å². The van der Waals surface area contributed by atoms with Gasteiger partial charge in [0.15, 0.2) is 0 Å². The molecule has 0 aliphatic heterocycles. The van der Waals surface area contributed by atoms with E-state index in [9.17, 15) is 14.9 Å². The molecule has 0 fully saturated rings. The standard InChI is InChI=1S/C12H17N3O5/c1-19-11-3-2-10(15(17)18)6-9(11)7-14-4-5-20-8-12(13)16/h2-3,6,14H,4-5,7-8H2,1H3,(H2,13,16). The van der Waals surface area contributed by atoms with Gasteiger partial charge in [0.25, 0.3) is 5.69 Å². The minimum Gasteiger partial charge on any atom is -0.496 e. The Kier molecular flexibility index (Phi) is 6.41. The topological polar surface area (TPSA) is 117 Å². The molecule has 20 heavy (non-hydrogen) atoms. The Morgan fingerprint density at radius 1 is 1.50 bits per heavy atom. The smallest absolute Gasteiger partial charge is 0.270 e. The zero-order valence-electron chi connectivity index (χ0n) is 11.1. The van der Waals surface area contributed by atoms with Gasteiger partial charge in [-0.3, -0.25) is 14.9 Å². The van der Waals surface area contributed by atoms with Gasteiger partial charge in [-0.05, 0) is 6.07 Å². The first-order valence-corrected chi connectivity index (χ1v) is 5.92. The van der Waals surface area contributed by atoms with E-state index in [4.69, 9.17) is 15.2 Å². The van der Waals surface area contributed by atoms with Gasteiger partial charge in [0.05, 0.1) is 18.6 Å². The van der Waals surface area contributed by atoms with Crippen LogP contribution in [0.15, 0.2) is 18.2 Å². The van der Waals surface area contributed by atoms with Crippen molar-refractivity contribution in [1.82, 2.24) is 5.32 Å². The number of benzene rings is 1. The Morgan fingerprint density at radius 2 is 2.25 bits per heavy atom. The number of nitro benzene ring substituents is 1. The van der Waals surface area contributed by atoms with Gasteiger partial charge in [-0.1, -0.05) is 0 Å². The molecule has 0 aliphatic carbocycles. The van der Waals surface area contributed by atoms with Crippen molar-refractivity contribution < 1.29 is 19.2 Å². The minimum atomic E-state index is -0.523. The normalized spacial score (nSPS) is 10.2. The maximum Gasteiger partial charge on any atom is 0.270 e. The Labute approximate surface area is 116 Å².